The molecule has 4 aromatic rings. The minimum absolute atomic E-state index is 0.509. The first-order valence-corrected chi connectivity index (χ1v) is 10.5. The second-order valence-corrected chi connectivity index (χ2v) is 7.72. The number of rotatable bonds is 8. The van der Waals surface area contributed by atoms with Gasteiger partial charge in [0.15, 0.2) is 11.5 Å². The van der Waals surface area contributed by atoms with Crippen LogP contribution in [0, 0.1) is 13.8 Å². The molecule has 1 heterocycles. The molecular formula is C27H28N2O2. The van der Waals surface area contributed by atoms with Gasteiger partial charge in [0.25, 0.3) is 0 Å². The van der Waals surface area contributed by atoms with Crippen LogP contribution in [0.4, 0.5) is 0 Å². The zero-order valence-corrected chi connectivity index (χ0v) is 18.4. The van der Waals surface area contributed by atoms with Crippen molar-refractivity contribution in [3.05, 3.63) is 90.0 Å². The summed E-state index contributed by atoms with van der Waals surface area (Å²) in [5.41, 5.74) is 6.86. The summed E-state index contributed by atoms with van der Waals surface area (Å²) in [6.07, 6.45) is 2.69. The van der Waals surface area contributed by atoms with Gasteiger partial charge < -0.3 is 14.0 Å². The fourth-order valence-electron chi connectivity index (χ4n) is 3.94. The number of aryl methyl sites for hydroxylation is 2. The molecule has 0 amide bonds. The van der Waals surface area contributed by atoms with Crippen LogP contribution in [0.25, 0.3) is 22.4 Å². The first-order valence-electron chi connectivity index (χ1n) is 10.5. The number of hydrogen-bond donors (Lipinski definition) is 0. The number of methoxy groups -OCH3 is 1. The van der Waals surface area contributed by atoms with E-state index in [2.05, 4.69) is 61.4 Å². The van der Waals surface area contributed by atoms with Gasteiger partial charge in [-0.1, -0.05) is 48.0 Å². The molecule has 0 fully saturated rings. The molecule has 0 aliphatic carbocycles. The van der Waals surface area contributed by atoms with Crippen LogP contribution in [0.5, 0.6) is 11.5 Å². The van der Waals surface area contributed by atoms with E-state index in [0.29, 0.717) is 13.2 Å². The van der Waals surface area contributed by atoms with Crippen LogP contribution in [-0.4, -0.2) is 23.3 Å². The third-order valence-electron chi connectivity index (χ3n) is 5.46. The summed E-state index contributed by atoms with van der Waals surface area (Å²) < 4.78 is 13.9. The summed E-state index contributed by atoms with van der Waals surface area (Å²) in [7, 11) is 1.67. The molecule has 0 aliphatic rings. The van der Waals surface area contributed by atoms with E-state index in [4.69, 9.17) is 14.5 Å². The first kappa shape index (κ1) is 20.7. The highest BCUT2D eigenvalue weighted by Gasteiger charge is 2.15. The standard InChI is InChI=1S/C27H28N2O2/c1-5-8-21-12-14-25(26(18-21)30-4)31-16-15-29-24-10-7-6-9-23(24)28-27(29)22-13-11-19(2)17-20(22)3/h5-7,9-14,17-18H,1,8,15-16H2,2-4H3. The minimum atomic E-state index is 0.509. The number of nitrogens with zero attached hydrogens (tertiary/aromatic N) is 2. The molecule has 31 heavy (non-hydrogen) atoms. The van der Waals surface area contributed by atoms with Crippen molar-refractivity contribution in [3.8, 4) is 22.9 Å². The number of imidazole rings is 1. The molecule has 1 aromatic heterocycles. The predicted octanol–water partition coefficient (Wildman–Crippen LogP) is 6.14. The van der Waals surface area contributed by atoms with Gasteiger partial charge in [-0.3, -0.25) is 0 Å². The van der Waals surface area contributed by atoms with E-state index in [1.807, 2.05) is 30.3 Å². The number of para-hydroxylation sites is 2. The lowest BCUT2D eigenvalue weighted by atomic mass is 10.1. The second-order valence-electron chi connectivity index (χ2n) is 7.72. The van der Waals surface area contributed by atoms with Gasteiger partial charge in [0, 0.05) is 5.56 Å². The largest absolute Gasteiger partial charge is 0.493 e. The number of ether oxygens (including phenoxy) is 2. The third kappa shape index (κ3) is 4.33. The fourth-order valence-corrected chi connectivity index (χ4v) is 3.94. The SMILES string of the molecule is C=CCc1ccc(OCCn2c(-c3ccc(C)cc3C)nc3ccccc32)c(OC)c1. The van der Waals surface area contributed by atoms with Crippen LogP contribution < -0.4 is 9.47 Å². The van der Waals surface area contributed by atoms with E-state index in [9.17, 15) is 0 Å². The summed E-state index contributed by atoms with van der Waals surface area (Å²) in [4.78, 5) is 4.94. The topological polar surface area (TPSA) is 36.3 Å². The maximum Gasteiger partial charge on any atom is 0.161 e. The molecule has 0 saturated heterocycles. The molecule has 0 atom stereocenters. The maximum atomic E-state index is 6.12. The number of hydrogen-bond acceptors (Lipinski definition) is 3. The molecular weight excluding hydrogens is 384 g/mol. The normalized spacial score (nSPS) is 10.9. The lowest BCUT2D eigenvalue weighted by Gasteiger charge is -2.14. The Kier molecular flexibility index (Phi) is 6.08. The summed E-state index contributed by atoms with van der Waals surface area (Å²) in [6.45, 7) is 9.24. The van der Waals surface area contributed by atoms with E-state index in [1.54, 1.807) is 7.11 Å². The smallest absolute Gasteiger partial charge is 0.161 e. The van der Waals surface area contributed by atoms with Gasteiger partial charge in [0.2, 0.25) is 0 Å². The minimum Gasteiger partial charge on any atom is -0.493 e. The number of aromatic nitrogens is 2. The Labute approximate surface area is 183 Å². The molecule has 4 nitrogen and oxygen atoms in total. The molecule has 0 unspecified atom stereocenters. The molecule has 0 bridgehead atoms. The lowest BCUT2D eigenvalue weighted by Crippen LogP contribution is -2.10. The maximum absolute atomic E-state index is 6.12. The molecule has 0 aliphatic heterocycles. The summed E-state index contributed by atoms with van der Waals surface area (Å²) in [5, 5.41) is 0. The number of benzene rings is 3. The van der Waals surface area contributed by atoms with E-state index in [0.717, 1.165) is 45.9 Å². The number of allylic oxidation sites excluding steroid dienone is 1. The van der Waals surface area contributed by atoms with Crippen molar-refractivity contribution in [2.45, 2.75) is 26.8 Å². The Morgan fingerprint density at radius 1 is 1.00 bits per heavy atom. The van der Waals surface area contributed by atoms with E-state index < -0.39 is 0 Å². The van der Waals surface area contributed by atoms with Gasteiger partial charge in [-0.05, 0) is 55.7 Å². The van der Waals surface area contributed by atoms with Crippen LogP contribution in [0.15, 0.2) is 73.3 Å². The van der Waals surface area contributed by atoms with Crippen LogP contribution in [0.2, 0.25) is 0 Å². The molecule has 4 heteroatoms. The van der Waals surface area contributed by atoms with Crippen molar-refractivity contribution in [1.82, 2.24) is 9.55 Å². The van der Waals surface area contributed by atoms with Crippen molar-refractivity contribution >= 4 is 11.0 Å². The zero-order chi connectivity index (χ0) is 21.8. The number of fused-ring (bicyclic) bond motifs is 1. The van der Waals surface area contributed by atoms with Gasteiger partial charge in [-0.15, -0.1) is 6.58 Å². The zero-order valence-electron chi connectivity index (χ0n) is 18.4. The highest BCUT2D eigenvalue weighted by atomic mass is 16.5. The van der Waals surface area contributed by atoms with Crippen LogP contribution in [-0.2, 0) is 13.0 Å². The van der Waals surface area contributed by atoms with Gasteiger partial charge >= 0.3 is 0 Å². The highest BCUT2D eigenvalue weighted by Crippen LogP contribution is 2.30. The Bertz CT molecular complexity index is 1220. The fraction of sp³-hybridized carbons (Fsp3) is 0.222. The summed E-state index contributed by atoms with van der Waals surface area (Å²) >= 11 is 0. The van der Waals surface area contributed by atoms with Crippen molar-refractivity contribution < 1.29 is 9.47 Å². The first-order chi connectivity index (χ1) is 15.1. The summed E-state index contributed by atoms with van der Waals surface area (Å²) in [5.74, 6) is 2.45. The molecule has 0 radical (unpaired) electrons. The van der Waals surface area contributed by atoms with Gasteiger partial charge in [-0.2, -0.15) is 0 Å². The molecule has 4 rings (SSSR count). The van der Waals surface area contributed by atoms with E-state index in [-0.39, 0.29) is 0 Å². The third-order valence-corrected chi connectivity index (χ3v) is 5.46. The molecule has 158 valence electrons. The quantitative estimate of drug-likeness (QED) is 0.326. The van der Waals surface area contributed by atoms with Crippen LogP contribution in [0.3, 0.4) is 0 Å². The van der Waals surface area contributed by atoms with Gasteiger partial charge in [0.05, 0.1) is 24.7 Å². The Morgan fingerprint density at radius 2 is 1.84 bits per heavy atom. The average molecular weight is 413 g/mol. The Morgan fingerprint density at radius 3 is 2.61 bits per heavy atom. The van der Waals surface area contributed by atoms with E-state index in [1.165, 1.54) is 11.1 Å². The molecule has 0 saturated carbocycles. The Hall–Kier alpha value is -3.53. The van der Waals surface area contributed by atoms with Crippen molar-refractivity contribution in [2.75, 3.05) is 13.7 Å². The van der Waals surface area contributed by atoms with Gasteiger partial charge in [-0.25, -0.2) is 4.98 Å². The Balaban J connectivity index is 1.62. The van der Waals surface area contributed by atoms with Crippen molar-refractivity contribution in [2.24, 2.45) is 0 Å². The molecule has 0 N–H and O–H groups in total. The molecule has 3 aromatic carbocycles. The average Bonchev–Trinajstić information content (AvgIpc) is 3.13. The van der Waals surface area contributed by atoms with E-state index >= 15 is 0 Å². The van der Waals surface area contributed by atoms with Crippen LogP contribution >= 0.6 is 0 Å². The molecule has 0 spiro atoms. The monoisotopic (exact) mass is 412 g/mol. The van der Waals surface area contributed by atoms with Gasteiger partial charge in [0.1, 0.15) is 12.4 Å². The highest BCUT2D eigenvalue weighted by molar-refractivity contribution is 5.81. The predicted molar refractivity (Wildman–Crippen MR) is 127 cm³/mol. The summed E-state index contributed by atoms with van der Waals surface area (Å²) in [6, 6.07) is 20.8. The van der Waals surface area contributed by atoms with Crippen molar-refractivity contribution in [3.63, 3.8) is 0 Å². The lowest BCUT2D eigenvalue weighted by molar-refractivity contribution is 0.281. The van der Waals surface area contributed by atoms with Crippen LogP contribution in [0.1, 0.15) is 16.7 Å². The second kappa shape index (κ2) is 9.09. The van der Waals surface area contributed by atoms with Crippen molar-refractivity contribution in [1.29, 1.82) is 0 Å².